The first-order valence-electron chi connectivity index (χ1n) is 5.93. The van der Waals surface area contributed by atoms with Gasteiger partial charge in [0, 0.05) is 6.07 Å². The summed E-state index contributed by atoms with van der Waals surface area (Å²) in [5.41, 5.74) is 1.25. The summed E-state index contributed by atoms with van der Waals surface area (Å²) in [6.45, 7) is 3.46. The number of esters is 1. The Morgan fingerprint density at radius 2 is 2.19 bits per heavy atom. The summed E-state index contributed by atoms with van der Waals surface area (Å²) in [6.07, 6.45) is 0. The topological polar surface area (TPSA) is 95.5 Å². The normalized spacial score (nSPS) is 10.4. The van der Waals surface area contributed by atoms with E-state index in [-0.39, 0.29) is 17.9 Å². The number of nitrogens with zero attached hydrogens (tertiary/aromatic N) is 2. The fourth-order valence-corrected chi connectivity index (χ4v) is 2.10. The molecule has 1 aromatic carbocycles. The van der Waals surface area contributed by atoms with Gasteiger partial charge in [-0.05, 0) is 41.9 Å². The quantitative estimate of drug-likeness (QED) is 0.474. The number of carbonyl (C=O) groups excluding carboxylic acids is 1. The molecule has 0 atom stereocenters. The Labute approximate surface area is 128 Å². The van der Waals surface area contributed by atoms with Crippen molar-refractivity contribution in [1.82, 2.24) is 5.16 Å². The van der Waals surface area contributed by atoms with Crippen LogP contribution in [0.1, 0.15) is 27.4 Å². The van der Waals surface area contributed by atoms with Gasteiger partial charge >= 0.3 is 5.97 Å². The van der Waals surface area contributed by atoms with Crippen LogP contribution >= 0.6 is 15.9 Å². The molecule has 8 heteroatoms. The van der Waals surface area contributed by atoms with Gasteiger partial charge in [-0.2, -0.15) is 0 Å². The van der Waals surface area contributed by atoms with Crippen molar-refractivity contribution < 1.29 is 19.0 Å². The van der Waals surface area contributed by atoms with Crippen molar-refractivity contribution in [3.8, 4) is 0 Å². The second kappa shape index (κ2) is 6.04. The molecule has 2 rings (SSSR count). The Balaban J connectivity index is 2.14. The van der Waals surface area contributed by atoms with Crippen LogP contribution in [0.5, 0.6) is 0 Å². The molecule has 7 nitrogen and oxygen atoms in total. The number of aryl methyl sites for hydroxylation is 2. The van der Waals surface area contributed by atoms with Gasteiger partial charge in [0.15, 0.2) is 0 Å². The molecule has 1 aromatic heterocycles. The molecule has 0 aliphatic carbocycles. The molecular weight excluding hydrogens is 344 g/mol. The van der Waals surface area contributed by atoms with Gasteiger partial charge < -0.3 is 9.26 Å². The largest absolute Gasteiger partial charge is 0.457 e. The first kappa shape index (κ1) is 15.2. The van der Waals surface area contributed by atoms with Gasteiger partial charge in [-0.15, -0.1) is 0 Å². The molecule has 0 aliphatic rings. The summed E-state index contributed by atoms with van der Waals surface area (Å²) >= 11 is 3.06. The lowest BCUT2D eigenvalue weighted by atomic mass is 10.2. The summed E-state index contributed by atoms with van der Waals surface area (Å²) in [5.74, 6) is -0.0762. The second-order valence-electron chi connectivity index (χ2n) is 4.30. The van der Waals surface area contributed by atoms with Crippen LogP contribution in [0.3, 0.4) is 0 Å². The van der Waals surface area contributed by atoms with Crippen molar-refractivity contribution in [3.05, 3.63) is 55.4 Å². The molecule has 0 aliphatic heterocycles. The van der Waals surface area contributed by atoms with E-state index < -0.39 is 10.9 Å². The molecule has 1 heterocycles. The number of benzene rings is 1. The smallest absolute Gasteiger partial charge is 0.338 e. The van der Waals surface area contributed by atoms with E-state index in [0.29, 0.717) is 21.5 Å². The van der Waals surface area contributed by atoms with Crippen LogP contribution in [0.2, 0.25) is 0 Å². The zero-order chi connectivity index (χ0) is 15.6. The predicted molar refractivity (Wildman–Crippen MR) is 75.9 cm³/mol. The number of nitro benzene ring substituents is 1. The number of hydrogen-bond donors (Lipinski definition) is 0. The van der Waals surface area contributed by atoms with Gasteiger partial charge in [-0.1, -0.05) is 5.16 Å². The Morgan fingerprint density at radius 1 is 1.48 bits per heavy atom. The molecule has 0 N–H and O–H groups in total. The van der Waals surface area contributed by atoms with Crippen LogP contribution in [-0.2, 0) is 11.3 Å². The van der Waals surface area contributed by atoms with E-state index in [9.17, 15) is 14.9 Å². The maximum absolute atomic E-state index is 11.9. The maximum Gasteiger partial charge on any atom is 0.338 e. The summed E-state index contributed by atoms with van der Waals surface area (Å²) in [5, 5.41) is 14.6. The molecule has 0 bridgehead atoms. The molecule has 0 fully saturated rings. The van der Waals surface area contributed by atoms with E-state index in [4.69, 9.17) is 9.26 Å². The fraction of sp³-hybridized carbons (Fsp3) is 0.231. The van der Waals surface area contributed by atoms with Crippen molar-refractivity contribution in [2.75, 3.05) is 0 Å². The Bertz CT molecular complexity index is 691. The predicted octanol–water partition coefficient (Wildman–Crippen LogP) is 3.32. The summed E-state index contributed by atoms with van der Waals surface area (Å²) in [7, 11) is 0. The third-order valence-corrected chi connectivity index (χ3v) is 3.58. The minimum atomic E-state index is -0.648. The highest BCUT2D eigenvalue weighted by atomic mass is 79.9. The molecule has 2 aromatic rings. The second-order valence-corrected chi connectivity index (χ2v) is 5.16. The average Bonchev–Trinajstić information content (AvgIpc) is 2.75. The Kier molecular flexibility index (Phi) is 4.37. The number of carbonyl (C=O) groups is 1. The summed E-state index contributed by atoms with van der Waals surface area (Å²) in [6, 6.07) is 4.05. The number of rotatable bonds is 4. The van der Waals surface area contributed by atoms with Crippen molar-refractivity contribution in [2.24, 2.45) is 0 Å². The first-order valence-corrected chi connectivity index (χ1v) is 6.72. The van der Waals surface area contributed by atoms with Gasteiger partial charge in [-0.3, -0.25) is 10.1 Å². The maximum atomic E-state index is 11.9. The highest BCUT2D eigenvalue weighted by Crippen LogP contribution is 2.26. The van der Waals surface area contributed by atoms with Gasteiger partial charge in [0.2, 0.25) is 0 Å². The highest BCUT2D eigenvalue weighted by molar-refractivity contribution is 9.10. The van der Waals surface area contributed by atoms with Gasteiger partial charge in [0.05, 0.1) is 26.2 Å². The molecule has 0 saturated carbocycles. The summed E-state index contributed by atoms with van der Waals surface area (Å²) in [4.78, 5) is 22.2. The molecular formula is C13H11BrN2O5. The number of hydrogen-bond acceptors (Lipinski definition) is 6. The molecule has 0 spiro atoms. The molecule has 110 valence electrons. The average molecular weight is 355 g/mol. The van der Waals surface area contributed by atoms with E-state index in [1.54, 1.807) is 13.8 Å². The van der Waals surface area contributed by atoms with Crippen LogP contribution in [-0.4, -0.2) is 16.0 Å². The standard InChI is InChI=1S/C13H11BrN2O5/c1-7-10(8(2)21-15-7)6-20-13(17)9-3-4-11(14)12(5-9)16(18)19/h3-5H,6H2,1-2H3. The van der Waals surface area contributed by atoms with E-state index in [1.165, 1.54) is 18.2 Å². The molecule has 21 heavy (non-hydrogen) atoms. The van der Waals surface area contributed by atoms with Crippen molar-refractivity contribution >= 4 is 27.6 Å². The minimum Gasteiger partial charge on any atom is -0.457 e. The number of halogens is 1. The number of ether oxygens (including phenoxy) is 1. The lowest BCUT2D eigenvalue weighted by molar-refractivity contribution is -0.385. The SMILES string of the molecule is Cc1noc(C)c1COC(=O)c1ccc(Br)c([N+](=O)[O-])c1. The molecule has 0 amide bonds. The zero-order valence-corrected chi connectivity index (χ0v) is 12.8. The minimum absolute atomic E-state index is 0.00383. The monoisotopic (exact) mass is 354 g/mol. The highest BCUT2D eigenvalue weighted by Gasteiger charge is 2.18. The summed E-state index contributed by atoms with van der Waals surface area (Å²) < 4.78 is 10.4. The van der Waals surface area contributed by atoms with Gasteiger partial charge in [0.1, 0.15) is 12.4 Å². The van der Waals surface area contributed by atoms with Crippen molar-refractivity contribution in [2.45, 2.75) is 20.5 Å². The third kappa shape index (κ3) is 3.27. The van der Waals surface area contributed by atoms with Crippen LogP contribution in [0.4, 0.5) is 5.69 Å². The van der Waals surface area contributed by atoms with E-state index in [2.05, 4.69) is 21.1 Å². The van der Waals surface area contributed by atoms with Gasteiger partial charge in [0.25, 0.3) is 5.69 Å². The Morgan fingerprint density at radius 3 is 2.76 bits per heavy atom. The van der Waals surface area contributed by atoms with Crippen LogP contribution in [0, 0.1) is 24.0 Å². The first-order chi connectivity index (χ1) is 9.90. The fourth-order valence-electron chi connectivity index (χ4n) is 1.71. The molecule has 0 unspecified atom stereocenters. The van der Waals surface area contributed by atoms with E-state index >= 15 is 0 Å². The van der Waals surface area contributed by atoms with Crippen molar-refractivity contribution in [1.29, 1.82) is 0 Å². The molecule has 0 radical (unpaired) electrons. The lowest BCUT2D eigenvalue weighted by Crippen LogP contribution is -2.06. The molecule has 0 saturated heterocycles. The van der Waals surface area contributed by atoms with Crippen LogP contribution < -0.4 is 0 Å². The third-order valence-electron chi connectivity index (χ3n) is 2.91. The van der Waals surface area contributed by atoms with Crippen LogP contribution in [0.25, 0.3) is 0 Å². The Hall–Kier alpha value is -2.22. The number of nitro groups is 1. The van der Waals surface area contributed by atoms with E-state index in [0.717, 1.165) is 0 Å². The zero-order valence-electron chi connectivity index (χ0n) is 11.3. The lowest BCUT2D eigenvalue weighted by Gasteiger charge is -2.05. The number of aromatic nitrogens is 1. The van der Waals surface area contributed by atoms with E-state index in [1.807, 2.05) is 0 Å². The van der Waals surface area contributed by atoms with Crippen LogP contribution in [0.15, 0.2) is 27.2 Å². The van der Waals surface area contributed by atoms with Crippen molar-refractivity contribution in [3.63, 3.8) is 0 Å². The van der Waals surface area contributed by atoms with Gasteiger partial charge in [-0.25, -0.2) is 4.79 Å².